The van der Waals surface area contributed by atoms with Crippen LogP contribution in [0, 0.1) is 0 Å². The quantitative estimate of drug-likeness (QED) is 0.0626. The van der Waals surface area contributed by atoms with E-state index in [9.17, 15) is 35.9 Å². The van der Waals surface area contributed by atoms with Crippen molar-refractivity contribution in [2.45, 2.75) is 97.2 Å². The van der Waals surface area contributed by atoms with E-state index in [1.54, 1.807) is 0 Å². The Morgan fingerprint density at radius 2 is 0.709 bits per heavy atom. The van der Waals surface area contributed by atoms with Gasteiger partial charge in [-0.2, -0.15) is 26.3 Å². The van der Waals surface area contributed by atoms with Gasteiger partial charge in [-0.25, -0.2) is 9.59 Å². The van der Waals surface area contributed by atoms with Gasteiger partial charge < -0.3 is 71.8 Å². The maximum atomic E-state index is 12.3. The molecule has 16 nitrogen and oxygen atoms in total. The Balaban J connectivity index is -0.00000162. The number of halogens is 6. The highest BCUT2D eigenvalue weighted by Gasteiger charge is 2.32. The molecule has 2 amide bonds. The van der Waals surface area contributed by atoms with E-state index in [0.29, 0.717) is 39.3 Å². The number of nitrogens with two attached hydrogens (primary N) is 4. The van der Waals surface area contributed by atoms with Gasteiger partial charge in [-0.3, -0.25) is 0 Å². The van der Waals surface area contributed by atoms with Crippen molar-refractivity contribution in [3.05, 3.63) is 0 Å². The first-order valence-corrected chi connectivity index (χ1v) is 18.0. The molecule has 0 fully saturated rings. The first-order chi connectivity index (χ1) is 25.0. The molecule has 0 atom stereocenters. The zero-order valence-corrected chi connectivity index (χ0v) is 33.2. The van der Waals surface area contributed by atoms with Crippen molar-refractivity contribution >= 4 is 24.1 Å². The summed E-state index contributed by atoms with van der Waals surface area (Å²) in [6.07, 6.45) is -6.61. The van der Waals surface area contributed by atoms with E-state index in [4.69, 9.17) is 52.2 Å². The number of ether oxygens (including phenoxy) is 2. The number of alkyl carbamates (subject to hydrolysis) is 2. The van der Waals surface area contributed by atoms with E-state index in [2.05, 4.69) is 10.6 Å². The lowest BCUT2D eigenvalue weighted by atomic mass is 10.1. The molecule has 22 heteroatoms. The summed E-state index contributed by atoms with van der Waals surface area (Å²) in [5.41, 5.74) is 22.7. The standard InChI is InChI=1S/C29H64N8O4.2C2HF3O2/c1-28(2,3)40-26(38)34-16-24-36(18-7-12-30,19-8-13-31)22-11-23-37(20-9-14-32,21-10-15-33)25-17-35-27(39)41-29(4,5)6;2*3-2(4,5)1(6)7/h7-25,30-33H2,1-6H3;2*(H,6,7). The summed E-state index contributed by atoms with van der Waals surface area (Å²) >= 11 is 0. The Morgan fingerprint density at radius 1 is 0.491 bits per heavy atom. The van der Waals surface area contributed by atoms with Crippen LogP contribution < -0.4 is 43.8 Å². The van der Waals surface area contributed by atoms with Crippen molar-refractivity contribution in [3.8, 4) is 0 Å². The second-order valence-corrected chi connectivity index (χ2v) is 14.8. The summed E-state index contributed by atoms with van der Waals surface area (Å²) in [5, 5.41) is 23.5. The number of carboxylic acids is 2. The molecular weight excluding hydrogens is 750 g/mol. The molecule has 55 heavy (non-hydrogen) atoms. The maximum Gasteiger partial charge on any atom is 0.430 e. The Kier molecular flexibility index (Phi) is 28.0. The van der Waals surface area contributed by atoms with E-state index >= 15 is 0 Å². The van der Waals surface area contributed by atoms with Gasteiger partial charge in [-0.15, -0.1) is 0 Å². The summed E-state index contributed by atoms with van der Waals surface area (Å²) in [5.74, 6) is -6.01. The Labute approximate surface area is 320 Å². The minimum Gasteiger partial charge on any atom is -0.542 e. The van der Waals surface area contributed by atoms with Crippen LogP contribution in [0.1, 0.15) is 73.6 Å². The summed E-state index contributed by atoms with van der Waals surface area (Å²) in [6.45, 7) is 21.8. The molecular formula is C33H66F6N8O8. The Hall–Kier alpha value is -3.18. The number of alkyl halides is 6. The lowest BCUT2D eigenvalue weighted by molar-refractivity contribution is -0.945. The second-order valence-electron chi connectivity index (χ2n) is 14.8. The van der Waals surface area contributed by atoms with E-state index in [1.165, 1.54) is 0 Å². The third-order valence-corrected chi connectivity index (χ3v) is 7.58. The van der Waals surface area contributed by atoms with Gasteiger partial charge in [-0.1, -0.05) is 0 Å². The zero-order valence-electron chi connectivity index (χ0n) is 33.2. The van der Waals surface area contributed by atoms with Gasteiger partial charge in [0.1, 0.15) is 23.1 Å². The molecule has 328 valence electrons. The summed E-state index contributed by atoms with van der Waals surface area (Å²) in [4.78, 5) is 42.2. The number of carboxylic acid groups (broad SMARTS) is 2. The van der Waals surface area contributed by atoms with Crippen LogP contribution in [-0.4, -0.2) is 148 Å². The molecule has 0 bridgehead atoms. The maximum absolute atomic E-state index is 12.3. The topological polar surface area (TPSA) is 261 Å². The predicted octanol–water partition coefficient (Wildman–Crippen LogP) is 0.0519. The van der Waals surface area contributed by atoms with Gasteiger partial charge in [-0.05, 0) is 67.7 Å². The second kappa shape index (κ2) is 27.4. The highest BCUT2D eigenvalue weighted by Crippen LogP contribution is 2.17. The third-order valence-electron chi connectivity index (χ3n) is 7.58. The van der Waals surface area contributed by atoms with E-state index in [0.717, 1.165) is 93.4 Å². The van der Waals surface area contributed by atoms with Crippen molar-refractivity contribution in [3.63, 3.8) is 0 Å². The highest BCUT2D eigenvalue weighted by atomic mass is 19.4. The fourth-order valence-corrected chi connectivity index (χ4v) is 5.21. The van der Waals surface area contributed by atoms with Crippen LogP contribution in [0.4, 0.5) is 35.9 Å². The molecule has 0 spiro atoms. The van der Waals surface area contributed by atoms with Gasteiger partial charge in [0.05, 0.1) is 65.4 Å². The number of aliphatic carboxylic acids is 2. The monoisotopic (exact) mass is 816 g/mol. The molecule has 0 aliphatic heterocycles. The van der Waals surface area contributed by atoms with Crippen LogP contribution in [-0.2, 0) is 19.1 Å². The minimum atomic E-state index is -5.19. The van der Waals surface area contributed by atoms with Gasteiger partial charge in [0.25, 0.3) is 0 Å². The Morgan fingerprint density at radius 3 is 0.891 bits per heavy atom. The van der Waals surface area contributed by atoms with Crippen LogP contribution in [0.2, 0.25) is 0 Å². The molecule has 0 heterocycles. The molecule has 0 saturated heterocycles. The van der Waals surface area contributed by atoms with Gasteiger partial charge >= 0.3 is 24.5 Å². The largest absolute Gasteiger partial charge is 0.542 e. The molecule has 0 aromatic carbocycles. The molecule has 0 saturated carbocycles. The fraction of sp³-hybridized carbons (Fsp3) is 0.879. The van der Waals surface area contributed by atoms with Gasteiger partial charge in [0, 0.05) is 32.1 Å². The average Bonchev–Trinajstić information content (AvgIpc) is 3.02. The van der Waals surface area contributed by atoms with Crippen molar-refractivity contribution in [1.82, 2.24) is 10.6 Å². The van der Waals surface area contributed by atoms with E-state index < -0.39 is 47.7 Å². The SMILES string of the molecule is CC(C)(C)OC(=O)NCC[N+](CCCN)(CCCN)CCC[N+](CCCN)(CCCN)CCNC(=O)OC(C)(C)C.O=C([O-])C(F)(F)F.O=C([O-])C(F)(F)F. The van der Waals surface area contributed by atoms with Crippen LogP contribution >= 0.6 is 0 Å². The van der Waals surface area contributed by atoms with Crippen LogP contribution in [0.5, 0.6) is 0 Å². The van der Waals surface area contributed by atoms with Gasteiger partial charge in [0.15, 0.2) is 0 Å². The van der Waals surface area contributed by atoms with Crippen molar-refractivity contribution in [2.75, 3.05) is 91.6 Å². The molecule has 0 aromatic heterocycles. The normalized spacial score (nSPS) is 12.4. The number of rotatable bonds is 22. The third kappa shape index (κ3) is 32.7. The van der Waals surface area contributed by atoms with Crippen LogP contribution in [0.15, 0.2) is 0 Å². The number of carbonyl (C=O) groups excluding carboxylic acids is 4. The smallest absolute Gasteiger partial charge is 0.430 e. The van der Waals surface area contributed by atoms with E-state index in [1.807, 2.05) is 41.5 Å². The lowest BCUT2D eigenvalue weighted by Crippen LogP contribution is -2.58. The van der Waals surface area contributed by atoms with E-state index in [-0.39, 0.29) is 0 Å². The number of hydrogen-bond acceptors (Lipinski definition) is 12. The number of quaternary nitrogens is 2. The predicted molar refractivity (Wildman–Crippen MR) is 189 cm³/mol. The van der Waals surface area contributed by atoms with Gasteiger partial charge in [0.2, 0.25) is 0 Å². The zero-order chi connectivity index (χ0) is 43.6. The molecule has 10 N–H and O–H groups in total. The Bertz CT molecular complexity index is 990. The first kappa shape index (κ1) is 56.2. The van der Waals surface area contributed by atoms with Crippen molar-refractivity contribution < 1.29 is 74.2 Å². The number of nitrogens with one attached hydrogen (secondary N) is 2. The fourth-order valence-electron chi connectivity index (χ4n) is 5.21. The van der Waals surface area contributed by atoms with Crippen molar-refractivity contribution in [2.24, 2.45) is 22.9 Å². The molecule has 0 aliphatic carbocycles. The highest BCUT2D eigenvalue weighted by molar-refractivity contribution is 5.71. The summed E-state index contributed by atoms with van der Waals surface area (Å²) in [6, 6.07) is 0. The molecule has 0 rings (SSSR count). The number of carbonyl (C=O) groups is 4. The molecule has 0 unspecified atom stereocenters. The number of nitrogens with zero attached hydrogens (tertiary/aromatic N) is 2. The number of amides is 2. The molecule has 0 aliphatic rings. The molecule has 0 radical (unpaired) electrons. The van der Waals surface area contributed by atoms with Crippen LogP contribution in [0.25, 0.3) is 0 Å². The minimum absolute atomic E-state index is 0.398. The first-order valence-electron chi connectivity index (χ1n) is 18.0. The molecule has 0 aromatic rings. The van der Waals surface area contributed by atoms with Crippen LogP contribution in [0.3, 0.4) is 0 Å². The van der Waals surface area contributed by atoms with Crippen molar-refractivity contribution in [1.29, 1.82) is 0 Å². The number of hydrogen-bond donors (Lipinski definition) is 6. The lowest BCUT2D eigenvalue weighted by Gasteiger charge is -2.42. The average molecular weight is 817 g/mol. The summed E-state index contributed by atoms with van der Waals surface area (Å²) < 4.78 is 75.7. The summed E-state index contributed by atoms with van der Waals surface area (Å²) in [7, 11) is 0.